The number of rotatable bonds is 5. The summed E-state index contributed by atoms with van der Waals surface area (Å²) in [5, 5.41) is 7.19. The van der Waals surface area contributed by atoms with Crippen molar-refractivity contribution in [2.75, 3.05) is 26.0 Å². The zero-order chi connectivity index (χ0) is 19.1. The molecule has 0 spiro atoms. The van der Waals surface area contributed by atoms with E-state index in [0.717, 1.165) is 60.9 Å². The molecule has 2 aliphatic rings. The predicted molar refractivity (Wildman–Crippen MR) is 126 cm³/mol. The van der Waals surface area contributed by atoms with E-state index in [1.807, 2.05) is 19.1 Å². The third kappa shape index (κ3) is 6.50. The van der Waals surface area contributed by atoms with E-state index in [9.17, 15) is 4.21 Å². The Balaban J connectivity index is 0.00000280. The fraction of sp³-hybridized carbons (Fsp3) is 0.650. The molecule has 1 aliphatic carbocycles. The van der Waals surface area contributed by atoms with E-state index >= 15 is 0 Å². The summed E-state index contributed by atoms with van der Waals surface area (Å²) in [4.78, 5) is 4.35. The van der Waals surface area contributed by atoms with Crippen LogP contribution in [0.4, 0.5) is 0 Å². The molecule has 1 saturated carbocycles. The van der Waals surface area contributed by atoms with E-state index in [0.29, 0.717) is 31.1 Å². The summed E-state index contributed by atoms with van der Waals surface area (Å²) in [5.41, 5.74) is 1.12. The van der Waals surface area contributed by atoms with Gasteiger partial charge >= 0.3 is 0 Å². The van der Waals surface area contributed by atoms with Gasteiger partial charge in [0.2, 0.25) is 0 Å². The van der Waals surface area contributed by atoms with Crippen molar-refractivity contribution in [2.24, 2.45) is 4.99 Å². The third-order valence-corrected chi connectivity index (χ3v) is 6.86. The molecule has 6 nitrogen and oxygen atoms in total. The quantitative estimate of drug-likeness (QED) is 0.354. The van der Waals surface area contributed by atoms with Gasteiger partial charge in [-0.05, 0) is 37.0 Å². The van der Waals surface area contributed by atoms with Crippen LogP contribution in [-0.4, -0.2) is 47.5 Å². The van der Waals surface area contributed by atoms with Gasteiger partial charge in [0.25, 0.3) is 0 Å². The molecule has 1 fully saturated rings. The molecule has 0 saturated heterocycles. The normalized spacial score (nSPS) is 23.1. The Morgan fingerprint density at radius 2 is 2.00 bits per heavy atom. The first-order valence-electron chi connectivity index (χ1n) is 9.92. The zero-order valence-electron chi connectivity index (χ0n) is 16.7. The molecular weight excluding hydrogens is 489 g/mol. The van der Waals surface area contributed by atoms with Crippen molar-refractivity contribution >= 4 is 40.7 Å². The van der Waals surface area contributed by atoms with Crippen LogP contribution in [0.5, 0.6) is 11.5 Å². The summed E-state index contributed by atoms with van der Waals surface area (Å²) in [6.07, 6.45) is 5.15. The zero-order valence-corrected chi connectivity index (χ0v) is 19.9. The van der Waals surface area contributed by atoms with Gasteiger partial charge in [0.1, 0.15) is 0 Å². The number of nitrogens with zero attached hydrogens (tertiary/aromatic N) is 1. The van der Waals surface area contributed by atoms with Crippen molar-refractivity contribution in [1.29, 1.82) is 0 Å². The lowest BCUT2D eigenvalue weighted by atomic mass is 9.95. The topological polar surface area (TPSA) is 72.0 Å². The fourth-order valence-corrected chi connectivity index (χ4v) is 4.99. The molecule has 28 heavy (non-hydrogen) atoms. The average molecular weight is 521 g/mol. The van der Waals surface area contributed by atoms with Crippen molar-refractivity contribution in [3.05, 3.63) is 23.8 Å². The minimum absolute atomic E-state index is 0. The van der Waals surface area contributed by atoms with Crippen LogP contribution in [0.25, 0.3) is 0 Å². The van der Waals surface area contributed by atoms with E-state index in [1.165, 1.54) is 0 Å². The SMILES string of the molecule is CCS(=O)C1CCCC(NC(=NC)NCc2ccc3c(c2)OCCCO3)C1.I. The van der Waals surface area contributed by atoms with E-state index in [-0.39, 0.29) is 24.0 Å². The lowest BCUT2D eigenvalue weighted by molar-refractivity contribution is 0.297. The maximum Gasteiger partial charge on any atom is 0.191 e. The van der Waals surface area contributed by atoms with Crippen LogP contribution < -0.4 is 20.1 Å². The Hall–Kier alpha value is -1.03. The van der Waals surface area contributed by atoms with Crippen LogP contribution in [0.15, 0.2) is 23.2 Å². The third-order valence-electron chi connectivity index (χ3n) is 5.12. The monoisotopic (exact) mass is 521 g/mol. The van der Waals surface area contributed by atoms with Crippen molar-refractivity contribution in [2.45, 2.75) is 56.9 Å². The number of ether oxygens (including phenoxy) is 2. The summed E-state index contributed by atoms with van der Waals surface area (Å²) in [6.45, 7) is 4.05. The van der Waals surface area contributed by atoms with Gasteiger partial charge in [0.05, 0.1) is 13.2 Å². The number of hydrogen-bond donors (Lipinski definition) is 2. The predicted octanol–water partition coefficient (Wildman–Crippen LogP) is 3.21. The molecule has 3 unspecified atom stereocenters. The van der Waals surface area contributed by atoms with E-state index in [1.54, 1.807) is 7.05 Å². The second kappa shape index (κ2) is 11.8. The lowest BCUT2D eigenvalue weighted by Gasteiger charge is -2.30. The molecule has 3 atom stereocenters. The fourth-order valence-electron chi connectivity index (χ4n) is 3.64. The summed E-state index contributed by atoms with van der Waals surface area (Å²) in [6, 6.07) is 6.38. The largest absolute Gasteiger partial charge is 0.490 e. The highest BCUT2D eigenvalue weighted by molar-refractivity contribution is 14.0. The van der Waals surface area contributed by atoms with Crippen molar-refractivity contribution in [3.63, 3.8) is 0 Å². The van der Waals surface area contributed by atoms with Crippen molar-refractivity contribution in [3.8, 4) is 11.5 Å². The van der Waals surface area contributed by atoms with Gasteiger partial charge in [-0.3, -0.25) is 9.20 Å². The van der Waals surface area contributed by atoms with Gasteiger partial charge in [0.15, 0.2) is 17.5 Å². The highest BCUT2D eigenvalue weighted by atomic mass is 127. The molecule has 3 rings (SSSR count). The van der Waals surface area contributed by atoms with Gasteiger partial charge in [-0.1, -0.05) is 19.4 Å². The van der Waals surface area contributed by atoms with Crippen LogP contribution in [-0.2, 0) is 17.3 Å². The molecule has 1 heterocycles. The van der Waals surface area contributed by atoms with Gasteiger partial charge in [-0.2, -0.15) is 0 Å². The molecule has 2 N–H and O–H groups in total. The Labute approximate surface area is 187 Å². The van der Waals surface area contributed by atoms with Crippen LogP contribution in [0.1, 0.15) is 44.6 Å². The number of benzene rings is 1. The van der Waals surface area contributed by atoms with Crippen LogP contribution >= 0.6 is 24.0 Å². The molecule has 1 aliphatic heterocycles. The molecule has 8 heteroatoms. The molecule has 1 aromatic carbocycles. The molecule has 1 aromatic rings. The smallest absolute Gasteiger partial charge is 0.191 e. The Bertz CT molecular complexity index is 687. The summed E-state index contributed by atoms with van der Waals surface area (Å²) in [7, 11) is 1.07. The van der Waals surface area contributed by atoms with Crippen molar-refractivity contribution in [1.82, 2.24) is 10.6 Å². The first-order chi connectivity index (χ1) is 13.2. The molecule has 0 radical (unpaired) electrons. The van der Waals surface area contributed by atoms with Gasteiger partial charge in [0, 0.05) is 47.9 Å². The number of hydrogen-bond acceptors (Lipinski definition) is 4. The maximum atomic E-state index is 12.1. The van der Waals surface area contributed by atoms with Gasteiger partial charge < -0.3 is 20.1 Å². The van der Waals surface area contributed by atoms with E-state index in [4.69, 9.17) is 9.47 Å². The van der Waals surface area contributed by atoms with E-state index < -0.39 is 10.8 Å². The summed E-state index contributed by atoms with van der Waals surface area (Å²) in [5.74, 6) is 3.16. The minimum Gasteiger partial charge on any atom is -0.490 e. The number of halogens is 1. The highest BCUT2D eigenvalue weighted by Crippen LogP contribution is 2.30. The van der Waals surface area contributed by atoms with Gasteiger partial charge in [-0.15, -0.1) is 24.0 Å². The number of guanidine groups is 1. The van der Waals surface area contributed by atoms with Crippen LogP contribution in [0, 0.1) is 0 Å². The van der Waals surface area contributed by atoms with Crippen molar-refractivity contribution < 1.29 is 13.7 Å². The number of nitrogens with one attached hydrogen (secondary N) is 2. The molecular formula is C20H32IN3O3S. The standard InChI is InChI=1S/C20H31N3O3S.HI/c1-3-27(24)17-7-4-6-16(13-17)23-20(21-2)22-14-15-8-9-18-19(12-15)26-11-5-10-25-18;/h8-9,12,16-17H,3-7,10-11,13-14H2,1-2H3,(H2,21,22,23);1H. The second-order valence-electron chi connectivity index (χ2n) is 7.06. The van der Waals surface area contributed by atoms with Crippen LogP contribution in [0.3, 0.4) is 0 Å². The summed E-state index contributed by atoms with van der Waals surface area (Å²) < 4.78 is 23.6. The summed E-state index contributed by atoms with van der Waals surface area (Å²) >= 11 is 0. The Morgan fingerprint density at radius 3 is 2.75 bits per heavy atom. The number of fused-ring (bicyclic) bond motifs is 1. The minimum atomic E-state index is -0.713. The molecule has 158 valence electrons. The molecule has 0 aromatic heterocycles. The van der Waals surface area contributed by atoms with E-state index in [2.05, 4.69) is 21.7 Å². The maximum absolute atomic E-state index is 12.1. The van der Waals surface area contributed by atoms with Crippen LogP contribution in [0.2, 0.25) is 0 Å². The Morgan fingerprint density at radius 1 is 1.21 bits per heavy atom. The highest BCUT2D eigenvalue weighted by Gasteiger charge is 2.26. The molecule has 0 amide bonds. The first-order valence-corrected chi connectivity index (χ1v) is 11.3. The Kier molecular flexibility index (Phi) is 9.84. The molecule has 0 bridgehead atoms. The first kappa shape index (κ1) is 23.3. The lowest BCUT2D eigenvalue weighted by Crippen LogP contribution is -2.46. The average Bonchev–Trinajstić information content (AvgIpc) is 2.95. The van der Waals surface area contributed by atoms with Gasteiger partial charge in [-0.25, -0.2) is 0 Å². The second-order valence-corrected chi connectivity index (χ2v) is 9.06. The number of aliphatic imine (C=N–C) groups is 1.